The summed E-state index contributed by atoms with van der Waals surface area (Å²) in [6.45, 7) is 21.7. The third-order valence-electron chi connectivity index (χ3n) is 4.61. The Morgan fingerprint density at radius 2 is 1.26 bits per heavy atom. The van der Waals surface area contributed by atoms with Crippen LogP contribution in [0.1, 0.15) is 52.9 Å². The standard InChI is InChI=1S/C20H44O4Si3/c1-10-12-16-25(5,6)23-27(9,24-26(7,8)17-13-11-2)18-14-15-22-20(21)19(3)4/h3,10-18H2,1-2,4-9H3. The van der Waals surface area contributed by atoms with Crippen molar-refractivity contribution >= 4 is 31.2 Å². The molecule has 4 nitrogen and oxygen atoms in total. The molecule has 0 aliphatic rings. The molecule has 160 valence electrons. The Labute approximate surface area is 171 Å². The van der Waals surface area contributed by atoms with Crippen molar-refractivity contribution in [2.45, 2.75) is 104 Å². The number of hydrogen-bond donors (Lipinski definition) is 0. The molecule has 0 bridgehead atoms. The predicted octanol–water partition coefficient (Wildman–Crippen LogP) is 6.61. The third kappa shape index (κ3) is 12.8. The second-order valence-electron chi connectivity index (χ2n) is 9.08. The number of esters is 1. The molecular formula is C20H44O4Si3. The van der Waals surface area contributed by atoms with Crippen molar-refractivity contribution in [3.05, 3.63) is 12.2 Å². The van der Waals surface area contributed by atoms with Crippen LogP contribution in [0.15, 0.2) is 12.2 Å². The van der Waals surface area contributed by atoms with E-state index < -0.39 is 25.2 Å². The van der Waals surface area contributed by atoms with Crippen molar-refractivity contribution in [2.75, 3.05) is 6.61 Å². The fraction of sp³-hybridized carbons (Fsp3) is 0.850. The zero-order chi connectivity index (χ0) is 21.1. The predicted molar refractivity (Wildman–Crippen MR) is 123 cm³/mol. The monoisotopic (exact) mass is 432 g/mol. The van der Waals surface area contributed by atoms with E-state index in [4.69, 9.17) is 13.0 Å². The van der Waals surface area contributed by atoms with Gasteiger partial charge in [-0.15, -0.1) is 0 Å². The SMILES string of the molecule is C=C(C)C(=O)OCCC[Si](C)(O[Si](C)(C)CCCC)O[Si](C)(C)CCCC. The lowest BCUT2D eigenvalue weighted by Crippen LogP contribution is -2.54. The normalized spacial score (nSPS) is 12.9. The summed E-state index contributed by atoms with van der Waals surface area (Å²) in [5.74, 6) is -0.310. The van der Waals surface area contributed by atoms with Crippen LogP contribution < -0.4 is 0 Å². The summed E-state index contributed by atoms with van der Waals surface area (Å²) in [4.78, 5) is 11.6. The van der Waals surface area contributed by atoms with Crippen LogP contribution in [-0.4, -0.2) is 37.8 Å². The molecule has 0 saturated carbocycles. The molecule has 0 saturated heterocycles. The van der Waals surface area contributed by atoms with E-state index in [0.717, 1.165) is 12.5 Å². The van der Waals surface area contributed by atoms with Gasteiger partial charge in [0.15, 0.2) is 16.6 Å². The molecule has 0 unspecified atom stereocenters. The van der Waals surface area contributed by atoms with E-state index in [1.54, 1.807) is 6.92 Å². The van der Waals surface area contributed by atoms with E-state index in [2.05, 4.69) is 53.2 Å². The van der Waals surface area contributed by atoms with Crippen molar-refractivity contribution in [3.63, 3.8) is 0 Å². The molecule has 0 N–H and O–H groups in total. The first kappa shape index (κ1) is 26.8. The smallest absolute Gasteiger partial charge is 0.333 e. The first-order valence-electron chi connectivity index (χ1n) is 10.6. The van der Waals surface area contributed by atoms with Gasteiger partial charge < -0.3 is 13.0 Å². The quantitative estimate of drug-likeness (QED) is 0.126. The molecule has 27 heavy (non-hydrogen) atoms. The van der Waals surface area contributed by atoms with Crippen LogP contribution in [0.2, 0.25) is 50.9 Å². The Morgan fingerprint density at radius 1 is 0.815 bits per heavy atom. The Bertz CT molecular complexity index is 442. The largest absolute Gasteiger partial charge is 0.462 e. The Kier molecular flexibility index (Phi) is 12.3. The summed E-state index contributed by atoms with van der Waals surface area (Å²) < 4.78 is 18.9. The van der Waals surface area contributed by atoms with E-state index in [9.17, 15) is 4.79 Å². The van der Waals surface area contributed by atoms with Gasteiger partial charge in [0.1, 0.15) is 0 Å². The van der Waals surface area contributed by atoms with Crippen LogP contribution in [0.5, 0.6) is 0 Å². The van der Waals surface area contributed by atoms with E-state index in [1.807, 2.05) is 0 Å². The second kappa shape index (κ2) is 12.4. The molecule has 0 aromatic rings. The summed E-state index contributed by atoms with van der Waals surface area (Å²) in [6.07, 6.45) is 5.63. The summed E-state index contributed by atoms with van der Waals surface area (Å²) >= 11 is 0. The first-order valence-corrected chi connectivity index (χ1v) is 19.3. The molecule has 0 atom stereocenters. The minimum atomic E-state index is -2.31. The van der Waals surface area contributed by atoms with Gasteiger partial charge in [0.05, 0.1) is 6.61 Å². The van der Waals surface area contributed by atoms with Crippen LogP contribution >= 0.6 is 0 Å². The number of carbonyl (C=O) groups excluding carboxylic acids is 1. The zero-order valence-electron chi connectivity index (χ0n) is 19.2. The van der Waals surface area contributed by atoms with E-state index in [1.165, 1.54) is 37.8 Å². The summed E-state index contributed by atoms with van der Waals surface area (Å²) in [6, 6.07) is 3.23. The number of rotatable bonds is 15. The van der Waals surface area contributed by atoms with E-state index in [-0.39, 0.29) is 5.97 Å². The number of ether oxygens (including phenoxy) is 1. The number of carbonyl (C=O) groups is 1. The Balaban J connectivity index is 5.01. The molecule has 0 amide bonds. The molecule has 0 spiro atoms. The van der Waals surface area contributed by atoms with E-state index in [0.29, 0.717) is 12.2 Å². The van der Waals surface area contributed by atoms with Crippen molar-refractivity contribution in [1.82, 2.24) is 0 Å². The molecule has 0 aliphatic heterocycles. The van der Waals surface area contributed by atoms with Gasteiger partial charge in [-0.3, -0.25) is 0 Å². The van der Waals surface area contributed by atoms with Crippen LogP contribution in [0, 0.1) is 0 Å². The highest BCUT2D eigenvalue weighted by atomic mass is 28.5. The molecule has 0 aliphatic carbocycles. The highest BCUT2D eigenvalue weighted by molar-refractivity contribution is 6.88. The lowest BCUT2D eigenvalue weighted by Gasteiger charge is -2.41. The van der Waals surface area contributed by atoms with Crippen molar-refractivity contribution < 1.29 is 17.8 Å². The van der Waals surface area contributed by atoms with Crippen LogP contribution in [-0.2, 0) is 17.8 Å². The summed E-state index contributed by atoms with van der Waals surface area (Å²) in [5.41, 5.74) is 0.448. The average molecular weight is 433 g/mol. The molecular weight excluding hydrogens is 388 g/mol. The van der Waals surface area contributed by atoms with Gasteiger partial charge in [-0.2, -0.15) is 0 Å². The van der Waals surface area contributed by atoms with Crippen molar-refractivity contribution in [3.8, 4) is 0 Å². The van der Waals surface area contributed by atoms with Crippen LogP contribution in [0.4, 0.5) is 0 Å². The van der Waals surface area contributed by atoms with Gasteiger partial charge in [0.25, 0.3) is 0 Å². The maximum absolute atomic E-state index is 11.6. The van der Waals surface area contributed by atoms with Crippen LogP contribution in [0.25, 0.3) is 0 Å². The molecule has 0 rings (SSSR count). The minimum absolute atomic E-state index is 0.310. The fourth-order valence-electron chi connectivity index (χ4n) is 3.28. The third-order valence-corrected chi connectivity index (χ3v) is 16.9. The van der Waals surface area contributed by atoms with Gasteiger partial charge in [-0.1, -0.05) is 46.1 Å². The van der Waals surface area contributed by atoms with E-state index >= 15 is 0 Å². The molecule has 7 heteroatoms. The van der Waals surface area contributed by atoms with Crippen LogP contribution in [0.3, 0.4) is 0 Å². The van der Waals surface area contributed by atoms with Gasteiger partial charge in [0, 0.05) is 5.57 Å². The molecule has 0 heterocycles. The lowest BCUT2D eigenvalue weighted by molar-refractivity contribution is -0.138. The molecule has 0 radical (unpaired) electrons. The van der Waals surface area contributed by atoms with Gasteiger partial charge in [-0.05, 0) is 64.2 Å². The number of unbranched alkanes of at least 4 members (excludes halogenated alkanes) is 2. The Morgan fingerprint density at radius 3 is 1.63 bits per heavy atom. The highest BCUT2D eigenvalue weighted by Gasteiger charge is 2.42. The topological polar surface area (TPSA) is 44.8 Å². The maximum atomic E-state index is 11.6. The lowest BCUT2D eigenvalue weighted by atomic mass is 10.4. The number of hydrogen-bond acceptors (Lipinski definition) is 4. The minimum Gasteiger partial charge on any atom is -0.462 e. The van der Waals surface area contributed by atoms with Crippen molar-refractivity contribution in [1.29, 1.82) is 0 Å². The highest BCUT2D eigenvalue weighted by Crippen LogP contribution is 2.30. The van der Waals surface area contributed by atoms with Crippen molar-refractivity contribution in [2.24, 2.45) is 0 Å². The summed E-state index contributed by atoms with van der Waals surface area (Å²) in [7, 11) is -5.82. The van der Waals surface area contributed by atoms with Gasteiger partial charge in [0.2, 0.25) is 0 Å². The van der Waals surface area contributed by atoms with Gasteiger partial charge in [-0.25, -0.2) is 4.79 Å². The second-order valence-corrected chi connectivity index (χ2v) is 21.5. The molecule has 0 fully saturated rings. The summed E-state index contributed by atoms with van der Waals surface area (Å²) in [5, 5.41) is 0. The van der Waals surface area contributed by atoms with Gasteiger partial charge >= 0.3 is 14.5 Å². The molecule has 0 aromatic heterocycles. The fourth-order valence-corrected chi connectivity index (χ4v) is 18.0. The molecule has 0 aromatic carbocycles. The maximum Gasteiger partial charge on any atom is 0.333 e. The Hall–Kier alpha value is -0.219. The first-order chi connectivity index (χ1) is 12.4. The zero-order valence-corrected chi connectivity index (χ0v) is 22.2. The average Bonchev–Trinajstić information content (AvgIpc) is 2.53.